The van der Waals surface area contributed by atoms with E-state index in [1.165, 1.54) is 4.90 Å². The van der Waals surface area contributed by atoms with Crippen LogP contribution in [0, 0.1) is 0 Å². The molecule has 1 aromatic rings. The van der Waals surface area contributed by atoms with Crippen LogP contribution in [0.2, 0.25) is 0 Å². The molecule has 7 heteroatoms. The minimum atomic E-state index is -0.573. The van der Waals surface area contributed by atoms with Gasteiger partial charge < -0.3 is 27.7 Å². The van der Waals surface area contributed by atoms with Gasteiger partial charge in [0.1, 0.15) is 12.4 Å². The average molecular weight is 383 g/mol. The Labute approximate surface area is 160 Å². The van der Waals surface area contributed by atoms with Crippen LogP contribution < -0.4 is 18.1 Å². The highest BCUT2D eigenvalue weighted by atomic mass is 35.5. The lowest BCUT2D eigenvalue weighted by Gasteiger charge is -2.21. The van der Waals surface area contributed by atoms with Crippen LogP contribution in [0.3, 0.4) is 0 Å². The lowest BCUT2D eigenvalue weighted by atomic mass is 10.0. The Balaban J connectivity index is 0.00000338. The molecule has 2 amide bonds. The van der Waals surface area contributed by atoms with Crippen LogP contribution in [0.1, 0.15) is 44.6 Å². The number of unbranched alkanes of at least 4 members (excludes halogenated alkanes) is 2. The average Bonchev–Trinajstić information content (AvgIpc) is 2.94. The first-order valence-corrected chi connectivity index (χ1v) is 8.85. The summed E-state index contributed by atoms with van der Waals surface area (Å²) in [7, 11) is 0. The fourth-order valence-corrected chi connectivity index (χ4v) is 3.03. The van der Waals surface area contributed by atoms with Crippen molar-refractivity contribution in [1.82, 2.24) is 4.90 Å². The minimum Gasteiger partial charge on any atom is -1.00 e. The highest BCUT2D eigenvalue weighted by Crippen LogP contribution is 2.19. The second kappa shape index (κ2) is 10.9. The second-order valence-corrected chi connectivity index (χ2v) is 6.63. The summed E-state index contributed by atoms with van der Waals surface area (Å²) in [5, 5.41) is 0. The first-order chi connectivity index (χ1) is 12.0. The van der Waals surface area contributed by atoms with Crippen LogP contribution in [0.25, 0.3) is 0 Å². The maximum Gasteiger partial charge on any atom is 0.417 e. The fourth-order valence-electron chi connectivity index (χ4n) is 3.03. The Kier molecular flexibility index (Phi) is 9.30. The molecule has 3 N–H and O–H groups in total. The van der Waals surface area contributed by atoms with E-state index in [1.807, 2.05) is 30.3 Å². The molecule has 6 nitrogen and oxygen atoms in total. The highest BCUT2D eigenvalue weighted by molar-refractivity contribution is 5.95. The molecule has 0 bridgehead atoms. The zero-order chi connectivity index (χ0) is 18.2. The number of imide groups is 1. The predicted molar refractivity (Wildman–Crippen MR) is 92.6 cm³/mol. The van der Waals surface area contributed by atoms with E-state index in [9.17, 15) is 14.4 Å². The molecule has 2 atom stereocenters. The molecule has 1 fully saturated rings. The third kappa shape index (κ3) is 6.42. The first-order valence-electron chi connectivity index (χ1n) is 8.85. The van der Waals surface area contributed by atoms with E-state index in [0.717, 1.165) is 24.8 Å². The van der Waals surface area contributed by atoms with Gasteiger partial charge in [0.15, 0.2) is 6.04 Å². The van der Waals surface area contributed by atoms with Gasteiger partial charge in [-0.3, -0.25) is 4.79 Å². The number of hydrogen-bond donors (Lipinski definition) is 1. The smallest absolute Gasteiger partial charge is 0.417 e. The highest BCUT2D eigenvalue weighted by Gasteiger charge is 2.40. The topological polar surface area (TPSA) is 91.3 Å². The van der Waals surface area contributed by atoms with Gasteiger partial charge in [-0.05, 0) is 31.7 Å². The minimum absolute atomic E-state index is 0. The Morgan fingerprint density at radius 2 is 1.92 bits per heavy atom. The SMILES string of the molecule is CC(=O)CCCCCC([NH3+])C(=O)N1C(=O)OC[C@@H]1Cc1ccccc1.[Cl-]. The van der Waals surface area contributed by atoms with Crippen molar-refractivity contribution < 1.29 is 37.3 Å². The zero-order valence-electron chi connectivity index (χ0n) is 15.2. The Hall–Kier alpha value is -1.92. The summed E-state index contributed by atoms with van der Waals surface area (Å²) >= 11 is 0. The summed E-state index contributed by atoms with van der Waals surface area (Å²) < 4.78 is 5.09. The molecule has 1 unspecified atom stereocenters. The molecule has 2 rings (SSSR count). The monoisotopic (exact) mass is 382 g/mol. The summed E-state index contributed by atoms with van der Waals surface area (Å²) in [6.07, 6.45) is 3.74. The Morgan fingerprint density at radius 3 is 2.58 bits per heavy atom. The summed E-state index contributed by atoms with van der Waals surface area (Å²) in [6, 6.07) is 9.01. The zero-order valence-corrected chi connectivity index (χ0v) is 15.9. The van der Waals surface area contributed by atoms with Gasteiger partial charge in [0.2, 0.25) is 0 Å². The van der Waals surface area contributed by atoms with E-state index in [4.69, 9.17) is 4.74 Å². The maximum atomic E-state index is 12.6. The Morgan fingerprint density at radius 1 is 1.23 bits per heavy atom. The van der Waals surface area contributed by atoms with Crippen LogP contribution in [0.15, 0.2) is 30.3 Å². The quantitative estimate of drug-likeness (QED) is 0.539. The normalized spacial score (nSPS) is 17.4. The fraction of sp³-hybridized carbons (Fsp3) is 0.526. The van der Waals surface area contributed by atoms with Crippen LogP contribution in [0.4, 0.5) is 4.79 Å². The van der Waals surface area contributed by atoms with E-state index in [1.54, 1.807) is 6.92 Å². The van der Waals surface area contributed by atoms with Crippen molar-refractivity contribution in [2.45, 2.75) is 57.5 Å². The third-order valence-electron chi connectivity index (χ3n) is 4.44. The van der Waals surface area contributed by atoms with E-state index in [2.05, 4.69) is 5.73 Å². The number of benzene rings is 1. The molecule has 1 aliphatic rings. The van der Waals surface area contributed by atoms with E-state index >= 15 is 0 Å². The van der Waals surface area contributed by atoms with Crippen LogP contribution >= 0.6 is 0 Å². The molecular formula is C19H27ClN2O4. The van der Waals surface area contributed by atoms with Gasteiger partial charge in [-0.15, -0.1) is 0 Å². The molecule has 0 spiro atoms. The first kappa shape index (κ1) is 22.1. The molecule has 1 saturated heterocycles. The lowest BCUT2D eigenvalue weighted by molar-refractivity contribution is -0.406. The molecular weight excluding hydrogens is 356 g/mol. The summed E-state index contributed by atoms with van der Waals surface area (Å²) in [4.78, 5) is 36.8. The third-order valence-corrected chi connectivity index (χ3v) is 4.44. The van der Waals surface area contributed by atoms with Crippen molar-refractivity contribution in [3.8, 4) is 0 Å². The van der Waals surface area contributed by atoms with Crippen molar-refractivity contribution in [1.29, 1.82) is 0 Å². The Bertz CT molecular complexity index is 609. The van der Waals surface area contributed by atoms with Gasteiger partial charge in [-0.2, -0.15) is 0 Å². The number of ketones is 1. The predicted octanol–water partition coefficient (Wildman–Crippen LogP) is -1.27. The molecule has 0 aliphatic carbocycles. The standard InChI is InChI=1S/C19H26N2O4.ClH/c1-14(22)8-4-2-7-11-17(20)18(23)21-16(13-25-19(21)24)12-15-9-5-3-6-10-15;/h3,5-6,9-10,16-17H,2,4,7-8,11-13,20H2,1H3;1H/t16-,17?;/m0./s1. The van der Waals surface area contributed by atoms with Crippen LogP contribution in [-0.4, -0.2) is 41.4 Å². The molecule has 1 aliphatic heterocycles. The molecule has 0 radical (unpaired) electrons. The number of rotatable bonds is 9. The number of halogens is 1. The van der Waals surface area contributed by atoms with Gasteiger partial charge >= 0.3 is 6.09 Å². The van der Waals surface area contributed by atoms with Crippen LogP contribution in [-0.2, 0) is 20.7 Å². The number of hydrogen-bond acceptors (Lipinski definition) is 4. The summed E-state index contributed by atoms with van der Waals surface area (Å²) in [5.41, 5.74) is 4.99. The maximum absolute atomic E-state index is 12.6. The van der Waals surface area contributed by atoms with Crippen molar-refractivity contribution >= 4 is 17.8 Å². The number of quaternary nitrogens is 1. The second-order valence-electron chi connectivity index (χ2n) is 6.63. The summed E-state index contributed by atoms with van der Waals surface area (Å²) in [6.45, 7) is 1.81. The van der Waals surface area contributed by atoms with Crippen molar-refractivity contribution in [3.05, 3.63) is 35.9 Å². The van der Waals surface area contributed by atoms with Gasteiger partial charge in [0, 0.05) is 12.8 Å². The van der Waals surface area contributed by atoms with Crippen molar-refractivity contribution in [2.24, 2.45) is 0 Å². The number of carbonyl (C=O) groups is 3. The van der Waals surface area contributed by atoms with Crippen LogP contribution in [0.5, 0.6) is 0 Å². The largest absolute Gasteiger partial charge is 1.00 e. The van der Waals surface area contributed by atoms with E-state index < -0.39 is 12.1 Å². The number of cyclic esters (lactones) is 1. The number of carbonyl (C=O) groups excluding carboxylic acids is 3. The number of amides is 2. The molecule has 0 saturated carbocycles. The molecule has 0 aromatic heterocycles. The van der Waals surface area contributed by atoms with Crippen molar-refractivity contribution in [2.75, 3.05) is 6.61 Å². The van der Waals surface area contributed by atoms with Gasteiger partial charge in [0.25, 0.3) is 5.91 Å². The van der Waals surface area contributed by atoms with Crippen molar-refractivity contribution in [3.63, 3.8) is 0 Å². The van der Waals surface area contributed by atoms with Gasteiger partial charge in [0.05, 0.1) is 6.04 Å². The van der Waals surface area contributed by atoms with E-state index in [-0.39, 0.29) is 36.7 Å². The molecule has 1 aromatic carbocycles. The van der Waals surface area contributed by atoms with E-state index in [0.29, 0.717) is 19.3 Å². The number of nitrogens with zero attached hydrogens (tertiary/aromatic N) is 1. The lowest BCUT2D eigenvalue weighted by Crippen LogP contribution is -3.00. The van der Waals surface area contributed by atoms with Gasteiger partial charge in [-0.25, -0.2) is 9.69 Å². The molecule has 26 heavy (non-hydrogen) atoms. The number of ether oxygens (including phenoxy) is 1. The number of Topliss-reactive ketones (excluding diaryl/α,β-unsaturated/α-hetero) is 1. The molecule has 144 valence electrons. The molecule has 1 heterocycles. The van der Waals surface area contributed by atoms with Gasteiger partial charge in [-0.1, -0.05) is 36.8 Å². The summed E-state index contributed by atoms with van der Waals surface area (Å²) in [5.74, 6) is -0.0826.